The number of rotatable bonds is 13. The third-order valence-electron chi connectivity index (χ3n) is 17.0. The zero-order valence-electron chi connectivity index (χ0n) is 65.6. The molecular formula is C105H75BF3N4Ni4O3SSeSi. The van der Waals surface area contributed by atoms with E-state index in [9.17, 15) is 13.2 Å². The maximum absolute atomic E-state index is 10.7. The van der Waals surface area contributed by atoms with Crippen LogP contribution in [0.5, 0.6) is 0 Å². The van der Waals surface area contributed by atoms with E-state index in [4.69, 9.17) is 13.0 Å². The van der Waals surface area contributed by atoms with Gasteiger partial charge in [0.25, 0.3) is 0 Å². The number of aromatic nitrogens is 4. The van der Waals surface area contributed by atoms with Gasteiger partial charge in [-0.25, -0.2) is 0 Å². The molecule has 0 aliphatic heterocycles. The molecule has 7 nitrogen and oxygen atoms in total. The molecule has 18 aromatic rings. The van der Waals surface area contributed by atoms with Gasteiger partial charge in [0.1, 0.15) is 0 Å². The van der Waals surface area contributed by atoms with E-state index in [-0.39, 0.29) is 66.0 Å². The molecule has 0 aliphatic carbocycles. The van der Waals surface area contributed by atoms with E-state index in [0.29, 0.717) is 0 Å². The van der Waals surface area contributed by atoms with E-state index >= 15 is 0 Å². The van der Waals surface area contributed by atoms with Crippen molar-refractivity contribution in [2.24, 2.45) is 0 Å². The van der Waals surface area contributed by atoms with Crippen molar-refractivity contribution in [1.82, 2.24) is 19.9 Å². The second-order valence-corrected chi connectivity index (χ2v) is 30.4. The van der Waals surface area contributed by atoms with E-state index < -0.39 is 24.4 Å². The molecule has 1 N–H and O–H groups in total. The van der Waals surface area contributed by atoms with Crippen molar-refractivity contribution < 1.29 is 92.1 Å². The van der Waals surface area contributed by atoms with Gasteiger partial charge in [-0.15, -0.1) is 287 Å². The fourth-order valence-corrected chi connectivity index (χ4v) is 14.3. The van der Waals surface area contributed by atoms with Crippen LogP contribution in [0.15, 0.2) is 449 Å². The molecule has 0 amide bonds. The predicted molar refractivity (Wildman–Crippen MR) is 482 cm³/mol. The Morgan fingerprint density at radius 3 is 0.561 bits per heavy atom. The van der Waals surface area contributed by atoms with Gasteiger partial charge in [-0.05, 0) is 45.6 Å². The summed E-state index contributed by atoms with van der Waals surface area (Å²) in [5, 5.41) is 4.31. The van der Waals surface area contributed by atoms with Crippen LogP contribution in [0.3, 0.4) is 0 Å². The maximum atomic E-state index is 10.7. The normalized spacial score (nSPS) is 10.0. The summed E-state index contributed by atoms with van der Waals surface area (Å²) in [6, 6.07) is 176. The van der Waals surface area contributed by atoms with Gasteiger partial charge in [-0.1, -0.05) is 251 Å². The van der Waals surface area contributed by atoms with Crippen molar-refractivity contribution in [3.63, 3.8) is 0 Å². The summed E-state index contributed by atoms with van der Waals surface area (Å²) in [7, 11) is -4.55. The summed E-state index contributed by atoms with van der Waals surface area (Å²) in [5.41, 5.74) is 12.5. The topological polar surface area (TPSA) is 106 Å². The molecule has 4 heterocycles. The van der Waals surface area contributed by atoms with E-state index in [1.807, 2.05) is 309 Å². The van der Waals surface area contributed by atoms with Crippen molar-refractivity contribution in [1.29, 1.82) is 0 Å². The molecular weight excluding hydrogens is 1810 g/mol. The van der Waals surface area contributed by atoms with Crippen LogP contribution in [-0.4, -0.2) is 70.5 Å². The van der Waals surface area contributed by atoms with Gasteiger partial charge < -0.3 is 19.9 Å². The number of hydrogen-bond acceptors (Lipinski definition) is 6. The molecule has 0 atom stereocenters. The Hall–Kier alpha value is -11.8. The van der Waals surface area contributed by atoms with E-state index in [2.05, 4.69) is 231 Å². The molecule has 18 rings (SSSR count). The number of hydrogen-bond donors (Lipinski definition) is 1. The van der Waals surface area contributed by atoms with E-state index in [1.54, 1.807) is 0 Å². The third-order valence-corrected chi connectivity index (χ3v) is 20.9. The van der Waals surface area contributed by atoms with Crippen molar-refractivity contribution in [2.45, 2.75) is 5.51 Å². The second kappa shape index (κ2) is 53.8. The summed E-state index contributed by atoms with van der Waals surface area (Å²) in [4.78, 5) is 18.6. The van der Waals surface area contributed by atoms with Crippen LogP contribution in [0.2, 0.25) is 0 Å². The van der Waals surface area contributed by atoms with Crippen molar-refractivity contribution >= 4 is 73.2 Å². The Bertz CT molecular complexity index is 5200. The number of alkyl halides is 3. The smallest absolute Gasteiger partial charge is 0.154 e. The molecule has 3 radical (unpaired) electrons. The first-order valence-corrected chi connectivity index (χ1v) is 41.5. The van der Waals surface area contributed by atoms with Crippen LogP contribution in [-0.2, 0) is 76.1 Å². The van der Waals surface area contributed by atoms with Gasteiger partial charge in [0, 0.05) is 0 Å². The largest absolute Gasteiger partial charge is 0.345 e. The fourth-order valence-electron chi connectivity index (χ4n) is 11.4. The van der Waals surface area contributed by atoms with Crippen molar-refractivity contribution in [3.05, 3.63) is 497 Å². The van der Waals surface area contributed by atoms with Gasteiger partial charge in [0.15, 0.2) is 16.1 Å². The average molecular weight is 1880 g/mol. The van der Waals surface area contributed by atoms with Crippen LogP contribution in [0.1, 0.15) is 0 Å². The minimum Gasteiger partial charge on any atom is -0.345 e. The molecule has 0 aliphatic rings. The van der Waals surface area contributed by atoms with Gasteiger partial charge in [-0.3, -0.25) is 4.55 Å². The molecule has 0 bridgehead atoms. The number of pyridine rings is 4. The minimum absolute atomic E-state index is 0. The zero-order valence-corrected chi connectivity index (χ0v) is 73.0. The summed E-state index contributed by atoms with van der Waals surface area (Å²) < 4.78 is 58.7. The Morgan fingerprint density at radius 1 is 0.252 bits per heavy atom. The summed E-state index contributed by atoms with van der Waals surface area (Å²) in [6.45, 7) is 0. The maximum Gasteiger partial charge on any atom is 0.154 e. The number of halogens is 3. The van der Waals surface area contributed by atoms with Crippen LogP contribution in [0.25, 0.3) is 90.1 Å². The van der Waals surface area contributed by atoms with Crippen molar-refractivity contribution in [3.8, 4) is 90.1 Å². The minimum atomic E-state index is -5.84. The van der Waals surface area contributed by atoms with Gasteiger partial charge >= 0.3 is 132 Å². The third kappa shape index (κ3) is 33.2. The van der Waals surface area contributed by atoms with Crippen LogP contribution < -0.4 is 30.9 Å². The SMILES string of the molecule is O=S(=O)(O)C(F)(F)F.[B](c1ccccc1)c1ccccc1.[Ni+2].[Ni+2].[Ni+2].[Ni+2].[Se]c1ccccc1.[c-]1ccccc1-c1cccc(-c2[c-]cccc2)n1.[c-]1ccccc1-c1cccc(-c2[c-]cccc2)n1.[c-]1ccccc1-c1cccc(-c2[c-]cccc2)n1.[c-]1ccccc1-c1cccc(-c2[c-]cccc2)n1.c1ccc([Si](c2ccccc2)c2ccccc2)cc1. The fraction of sp³-hybridized carbons (Fsp3) is 0.00952. The second-order valence-electron chi connectivity index (χ2n) is 25.5. The van der Waals surface area contributed by atoms with Crippen molar-refractivity contribution in [2.75, 3.05) is 0 Å². The number of nitrogens with zero attached hydrogens (tertiary/aromatic N) is 4. The molecule has 4 aromatic heterocycles. The molecule has 613 valence electrons. The van der Waals surface area contributed by atoms with Crippen LogP contribution in [0, 0.1) is 48.5 Å². The average Bonchev–Trinajstić information content (AvgIpc) is 0.834. The Morgan fingerprint density at radius 2 is 0.415 bits per heavy atom. The van der Waals surface area contributed by atoms with Crippen LogP contribution in [0.4, 0.5) is 13.2 Å². The summed E-state index contributed by atoms with van der Waals surface area (Å²) >= 11 is 2.90. The standard InChI is InChI=1S/C18H15Si.4C17H11N.C12H10B.C6H5Se.CHF3O3S.4Ni/c1-4-10-16(11-5-1)19(17-12-6-2-7-13-17)18-14-8-3-9-15-18;4*1-3-8-14(9-4-1)16-12-7-13-17(18-16)15-10-5-2-6-11-15;1-3-7-11(8-4-1)13-12-9-5-2-6-10-12;7-6-4-2-1-3-5-6;2-1(3,4)8(5,6)7;;;;/h1-15H;4*1-8,10,12-13H;1-10H;1-5H;(H,5,6,7);;;;/q;4*-2;;;;4*+2. The van der Waals surface area contributed by atoms with Gasteiger partial charge in [0.2, 0.25) is 0 Å². The zero-order chi connectivity index (χ0) is 82.8. The van der Waals surface area contributed by atoms with Gasteiger partial charge in [0.05, 0.1) is 0 Å². The van der Waals surface area contributed by atoms with Crippen LogP contribution >= 0.6 is 0 Å². The Balaban J connectivity index is 0.000000195. The molecule has 0 saturated carbocycles. The van der Waals surface area contributed by atoms with E-state index in [1.165, 1.54) is 30.9 Å². The molecule has 0 unspecified atom stereocenters. The first kappa shape index (κ1) is 98.3. The summed E-state index contributed by atoms with van der Waals surface area (Å²) in [6.07, 6.45) is 0. The van der Waals surface area contributed by atoms with E-state index in [0.717, 1.165) is 90.1 Å². The quantitative estimate of drug-likeness (QED) is 0.0403. The molecule has 0 spiro atoms. The molecule has 14 aromatic carbocycles. The monoisotopic (exact) mass is 1880 g/mol. The Kier molecular flexibility index (Phi) is 43.0. The molecule has 123 heavy (non-hydrogen) atoms. The molecule has 0 saturated heterocycles. The first-order valence-electron chi connectivity index (χ1n) is 37.7. The number of benzene rings is 14. The summed E-state index contributed by atoms with van der Waals surface area (Å²) in [5.74, 6) is 0. The first-order chi connectivity index (χ1) is 58.3. The molecule has 18 heteroatoms. The predicted octanol–water partition coefficient (Wildman–Crippen LogP) is 20.5. The van der Waals surface area contributed by atoms with Gasteiger partial charge in [-0.2, -0.15) is 21.6 Å². The molecule has 0 fully saturated rings. The Labute approximate surface area is 771 Å².